The van der Waals surface area contributed by atoms with Crippen LogP contribution in [0.25, 0.3) is 6.08 Å². The summed E-state index contributed by atoms with van der Waals surface area (Å²) < 4.78 is 7.12. The molecule has 0 fully saturated rings. The molecule has 2 aromatic heterocycles. The van der Waals surface area contributed by atoms with Crippen LogP contribution in [0.5, 0.6) is 0 Å². The van der Waals surface area contributed by atoms with E-state index in [-0.39, 0.29) is 11.9 Å². The molecule has 0 aromatic carbocycles. The second-order valence-corrected chi connectivity index (χ2v) is 4.59. The van der Waals surface area contributed by atoms with E-state index in [1.165, 1.54) is 11.8 Å². The fourth-order valence-corrected chi connectivity index (χ4v) is 2.28. The van der Waals surface area contributed by atoms with Gasteiger partial charge < -0.3 is 9.73 Å². The SMILES string of the molecule is O=C(/C=C/c1ccco1)N[C@H]1CCn2nccc2C1. The molecule has 0 aliphatic carbocycles. The third-order valence-electron chi connectivity index (χ3n) is 3.24. The van der Waals surface area contributed by atoms with Gasteiger partial charge in [0.05, 0.1) is 6.26 Å². The Labute approximate surface area is 110 Å². The van der Waals surface area contributed by atoms with Gasteiger partial charge in [0.15, 0.2) is 0 Å². The molecule has 19 heavy (non-hydrogen) atoms. The van der Waals surface area contributed by atoms with Gasteiger partial charge in [0.2, 0.25) is 5.91 Å². The summed E-state index contributed by atoms with van der Waals surface area (Å²) in [6, 6.07) is 5.78. The zero-order valence-electron chi connectivity index (χ0n) is 10.5. The maximum atomic E-state index is 11.8. The van der Waals surface area contributed by atoms with E-state index in [0.717, 1.165) is 19.4 Å². The summed E-state index contributed by atoms with van der Waals surface area (Å²) in [5.74, 6) is 0.589. The predicted octanol–water partition coefficient (Wildman–Crippen LogP) is 1.62. The van der Waals surface area contributed by atoms with E-state index < -0.39 is 0 Å². The van der Waals surface area contributed by atoms with E-state index >= 15 is 0 Å². The Morgan fingerprint density at radius 2 is 2.47 bits per heavy atom. The first-order valence-electron chi connectivity index (χ1n) is 6.34. The molecule has 0 unspecified atom stereocenters. The second kappa shape index (κ2) is 5.14. The van der Waals surface area contributed by atoms with E-state index in [1.54, 1.807) is 24.6 Å². The van der Waals surface area contributed by atoms with E-state index in [2.05, 4.69) is 10.4 Å². The first kappa shape index (κ1) is 11.8. The molecule has 1 aliphatic heterocycles. The van der Waals surface area contributed by atoms with Crippen LogP contribution >= 0.6 is 0 Å². The Bertz CT molecular complexity index is 584. The predicted molar refractivity (Wildman–Crippen MR) is 70.2 cm³/mol. The van der Waals surface area contributed by atoms with Crippen molar-refractivity contribution in [3.05, 3.63) is 48.2 Å². The van der Waals surface area contributed by atoms with Crippen LogP contribution in [-0.2, 0) is 17.8 Å². The van der Waals surface area contributed by atoms with Crippen LogP contribution < -0.4 is 5.32 Å². The smallest absolute Gasteiger partial charge is 0.244 e. The highest BCUT2D eigenvalue weighted by Crippen LogP contribution is 2.13. The number of nitrogens with one attached hydrogen (secondary N) is 1. The zero-order chi connectivity index (χ0) is 13.1. The van der Waals surface area contributed by atoms with Crippen LogP contribution in [-0.4, -0.2) is 21.7 Å². The summed E-state index contributed by atoms with van der Waals surface area (Å²) in [4.78, 5) is 11.8. The van der Waals surface area contributed by atoms with Crippen LogP contribution in [0.15, 0.2) is 41.2 Å². The number of fused-ring (bicyclic) bond motifs is 1. The van der Waals surface area contributed by atoms with E-state index in [0.29, 0.717) is 5.76 Å². The minimum absolute atomic E-state index is 0.0886. The average molecular weight is 257 g/mol. The summed E-state index contributed by atoms with van der Waals surface area (Å²) in [5.41, 5.74) is 1.17. The van der Waals surface area contributed by atoms with E-state index in [9.17, 15) is 4.79 Å². The molecule has 0 bridgehead atoms. The van der Waals surface area contributed by atoms with Crippen molar-refractivity contribution in [2.45, 2.75) is 25.4 Å². The summed E-state index contributed by atoms with van der Waals surface area (Å²) in [7, 11) is 0. The molecular formula is C14H15N3O2. The first-order chi connectivity index (χ1) is 9.31. The number of nitrogens with zero attached hydrogens (tertiary/aromatic N) is 2. The molecule has 0 spiro atoms. The minimum atomic E-state index is -0.0886. The third kappa shape index (κ3) is 2.76. The van der Waals surface area contributed by atoms with E-state index in [1.807, 2.05) is 16.8 Å². The van der Waals surface area contributed by atoms with Gasteiger partial charge in [0.25, 0.3) is 0 Å². The first-order valence-corrected chi connectivity index (χ1v) is 6.34. The van der Waals surface area contributed by atoms with Gasteiger partial charge in [-0.1, -0.05) is 0 Å². The Hall–Kier alpha value is -2.30. The monoisotopic (exact) mass is 257 g/mol. The highest BCUT2D eigenvalue weighted by atomic mass is 16.3. The third-order valence-corrected chi connectivity index (χ3v) is 3.24. The maximum Gasteiger partial charge on any atom is 0.244 e. The molecular weight excluding hydrogens is 242 g/mol. The van der Waals surface area contributed by atoms with Gasteiger partial charge in [-0.3, -0.25) is 9.48 Å². The average Bonchev–Trinajstić information content (AvgIpc) is 3.07. The summed E-state index contributed by atoms with van der Waals surface area (Å²) in [6.45, 7) is 0.856. The largest absolute Gasteiger partial charge is 0.465 e. The van der Waals surface area contributed by atoms with Crippen LogP contribution in [0.1, 0.15) is 17.9 Å². The highest BCUT2D eigenvalue weighted by molar-refractivity contribution is 5.91. The molecule has 1 N–H and O–H groups in total. The van der Waals surface area contributed by atoms with Crippen molar-refractivity contribution < 1.29 is 9.21 Å². The molecule has 98 valence electrons. The number of hydrogen-bond donors (Lipinski definition) is 1. The molecule has 1 aliphatic rings. The summed E-state index contributed by atoms with van der Waals surface area (Å²) in [5, 5.41) is 7.22. The van der Waals surface area contributed by atoms with Crippen molar-refractivity contribution in [1.82, 2.24) is 15.1 Å². The summed E-state index contributed by atoms with van der Waals surface area (Å²) in [6.07, 6.45) is 8.30. The number of aromatic nitrogens is 2. The van der Waals surface area contributed by atoms with Gasteiger partial charge in [-0.2, -0.15) is 5.10 Å². The topological polar surface area (TPSA) is 60.1 Å². The van der Waals surface area contributed by atoms with Gasteiger partial charge in [0, 0.05) is 37.0 Å². The fourth-order valence-electron chi connectivity index (χ4n) is 2.28. The molecule has 1 atom stereocenters. The van der Waals surface area contributed by atoms with Gasteiger partial charge in [-0.05, 0) is 30.7 Å². The van der Waals surface area contributed by atoms with Crippen molar-refractivity contribution >= 4 is 12.0 Å². The standard InChI is InChI=1S/C14H15N3O2/c18-14(4-3-13-2-1-9-19-13)16-11-6-8-17-12(10-11)5-7-15-17/h1-5,7,9,11H,6,8,10H2,(H,16,18)/b4-3+/t11-/m0/s1. The molecule has 0 saturated carbocycles. The molecule has 1 amide bonds. The van der Waals surface area contributed by atoms with E-state index in [4.69, 9.17) is 4.42 Å². The van der Waals surface area contributed by atoms with Gasteiger partial charge in [0.1, 0.15) is 5.76 Å². The number of aryl methyl sites for hydroxylation is 1. The van der Waals surface area contributed by atoms with Crippen LogP contribution in [0.3, 0.4) is 0 Å². The molecule has 0 saturated heterocycles. The number of carbonyl (C=O) groups is 1. The number of furan rings is 1. The lowest BCUT2D eigenvalue weighted by Crippen LogP contribution is -2.39. The van der Waals surface area contributed by atoms with Crippen molar-refractivity contribution in [2.75, 3.05) is 0 Å². The van der Waals surface area contributed by atoms with Crippen molar-refractivity contribution in [2.24, 2.45) is 0 Å². The van der Waals surface area contributed by atoms with Crippen molar-refractivity contribution in [1.29, 1.82) is 0 Å². The Kier molecular flexibility index (Phi) is 3.18. The lowest BCUT2D eigenvalue weighted by molar-refractivity contribution is -0.117. The number of carbonyl (C=O) groups excluding carboxylic acids is 1. The lowest BCUT2D eigenvalue weighted by atomic mass is 10.0. The number of amides is 1. The molecule has 0 radical (unpaired) electrons. The van der Waals surface area contributed by atoms with Gasteiger partial charge in [-0.15, -0.1) is 0 Å². The Morgan fingerprint density at radius 1 is 1.53 bits per heavy atom. The minimum Gasteiger partial charge on any atom is -0.465 e. The van der Waals surface area contributed by atoms with Crippen LogP contribution in [0.4, 0.5) is 0 Å². The van der Waals surface area contributed by atoms with Crippen molar-refractivity contribution in [3.63, 3.8) is 0 Å². The Morgan fingerprint density at radius 3 is 3.32 bits per heavy atom. The van der Waals surface area contributed by atoms with Crippen LogP contribution in [0.2, 0.25) is 0 Å². The van der Waals surface area contributed by atoms with Gasteiger partial charge in [-0.25, -0.2) is 0 Å². The summed E-state index contributed by atoms with van der Waals surface area (Å²) >= 11 is 0. The van der Waals surface area contributed by atoms with Crippen LogP contribution in [0, 0.1) is 0 Å². The molecule has 2 aromatic rings. The Balaban J connectivity index is 1.56. The fraction of sp³-hybridized carbons (Fsp3) is 0.286. The molecule has 3 rings (SSSR count). The molecule has 5 nitrogen and oxygen atoms in total. The van der Waals surface area contributed by atoms with Gasteiger partial charge >= 0.3 is 0 Å². The zero-order valence-corrected chi connectivity index (χ0v) is 10.5. The normalized spacial score (nSPS) is 18.4. The molecule has 5 heteroatoms. The maximum absolute atomic E-state index is 11.8. The molecule has 3 heterocycles. The number of rotatable bonds is 3. The van der Waals surface area contributed by atoms with Crippen molar-refractivity contribution in [3.8, 4) is 0 Å². The number of hydrogen-bond acceptors (Lipinski definition) is 3. The second-order valence-electron chi connectivity index (χ2n) is 4.59. The highest BCUT2D eigenvalue weighted by Gasteiger charge is 2.19. The lowest BCUT2D eigenvalue weighted by Gasteiger charge is -2.23. The quantitative estimate of drug-likeness (QED) is 0.850.